The van der Waals surface area contributed by atoms with Gasteiger partial charge in [0, 0.05) is 5.69 Å². The highest BCUT2D eigenvalue weighted by atomic mass is 35.5. The number of carbonyl (C=O) groups excluding carboxylic acids is 2. The number of amides is 1. The summed E-state index contributed by atoms with van der Waals surface area (Å²) in [5.74, 6) is -2.24. The van der Waals surface area contributed by atoms with Gasteiger partial charge in [0.25, 0.3) is 13.9 Å². The van der Waals surface area contributed by atoms with E-state index in [-0.39, 0.29) is 6.42 Å². The first-order valence-corrected chi connectivity index (χ1v) is 12.7. The minimum Gasteiger partial charge on any atom is -0.655 e. The number of halogens is 2. The highest BCUT2D eigenvalue weighted by Gasteiger charge is 2.47. The van der Waals surface area contributed by atoms with E-state index in [4.69, 9.17) is 42.6 Å². The molecule has 0 bridgehead atoms. The zero-order valence-electron chi connectivity index (χ0n) is 16.0. The fourth-order valence-corrected chi connectivity index (χ4v) is 5.07. The first-order chi connectivity index (χ1) is 14.8. The molecule has 0 aliphatic carbocycles. The van der Waals surface area contributed by atoms with Gasteiger partial charge in [-0.25, -0.2) is 9.79 Å². The topological polar surface area (TPSA) is 197 Å². The van der Waals surface area contributed by atoms with Crippen molar-refractivity contribution in [3.8, 4) is 0 Å². The number of para-hydroxylation sites is 2. The van der Waals surface area contributed by atoms with Gasteiger partial charge in [0.1, 0.15) is 7.94 Å². The summed E-state index contributed by atoms with van der Waals surface area (Å²) in [6.45, 7) is -1.04. The Morgan fingerprint density at radius 3 is 2.16 bits per heavy atom. The Morgan fingerprint density at radius 1 is 1.00 bits per heavy atom. The van der Waals surface area contributed by atoms with Crippen molar-refractivity contribution in [1.29, 1.82) is 0 Å². The Balaban J connectivity index is 2.01. The lowest BCUT2D eigenvalue weighted by Gasteiger charge is -2.37. The lowest BCUT2D eigenvalue weighted by Crippen LogP contribution is -2.48. The summed E-state index contributed by atoms with van der Waals surface area (Å²) < 4.78 is 4.73. The molecule has 2 aromatic rings. The zero-order chi connectivity index (χ0) is 24.1. The monoisotopic (exact) mass is 525 g/mol. The number of rotatable bonds is 9. The molecule has 1 unspecified atom stereocenters. The van der Waals surface area contributed by atoms with Crippen LogP contribution in [0.3, 0.4) is 0 Å². The smallest absolute Gasteiger partial charge is 0.310 e. The molecule has 5 N–H and O–H groups in total. The number of carbonyl (C=O) groups is 2. The summed E-state index contributed by atoms with van der Waals surface area (Å²) in [4.78, 5) is 84.0. The molecular formula is C17H17Cl2N2O9P2-. The van der Waals surface area contributed by atoms with Crippen molar-refractivity contribution >= 4 is 62.3 Å². The van der Waals surface area contributed by atoms with E-state index in [9.17, 15) is 24.3 Å². The number of anilines is 2. The minimum atomic E-state index is -5.62. The maximum absolute atomic E-state index is 12.1. The zero-order valence-corrected chi connectivity index (χ0v) is 19.3. The quantitative estimate of drug-likeness (QED) is 0.216. The van der Waals surface area contributed by atoms with Crippen LogP contribution < -0.4 is 25.3 Å². The van der Waals surface area contributed by atoms with Gasteiger partial charge in [-0.3, -0.25) is 19.8 Å². The van der Waals surface area contributed by atoms with Gasteiger partial charge in [0.05, 0.1) is 22.2 Å². The van der Waals surface area contributed by atoms with Gasteiger partial charge in [-0.1, -0.05) is 47.5 Å². The average Bonchev–Trinajstić information content (AvgIpc) is 2.67. The summed E-state index contributed by atoms with van der Waals surface area (Å²) in [6.07, 6.45) is -0.319. The summed E-state index contributed by atoms with van der Waals surface area (Å²) in [6, 6.07) is 11.5. The van der Waals surface area contributed by atoms with Crippen molar-refractivity contribution in [3.63, 3.8) is 0 Å². The van der Waals surface area contributed by atoms with Crippen LogP contribution in [0.1, 0.15) is 5.56 Å². The Bertz CT molecular complexity index is 949. The summed E-state index contributed by atoms with van der Waals surface area (Å²) in [5.41, 5.74) is -1.53. The molecule has 2 aromatic carbocycles. The third-order valence-corrected chi connectivity index (χ3v) is 7.78. The molecule has 0 spiro atoms. The van der Waals surface area contributed by atoms with Crippen molar-refractivity contribution < 1.29 is 43.7 Å². The lowest BCUT2D eigenvalue weighted by atomic mass is 10.1. The lowest BCUT2D eigenvalue weighted by molar-refractivity contribution is -0.334. The van der Waals surface area contributed by atoms with Crippen LogP contribution in [0.2, 0.25) is 10.0 Å². The number of benzene rings is 2. The molecule has 0 fully saturated rings. The fraction of sp³-hybridized carbons (Fsp3) is 0.176. The standard InChI is InChI=1S/C17H18Cl2N2O9P2/c18-11-5-3-6-12(19)16(11)20-13-7-2-1-4-10(13)8-15(23)30-9-14(22)21-17(31(24,25)26)32(27,28)29/h1-7,17,20H,8-9H2,(H,21,22)(H2,24,25,26)(H2,27,28,29)/p-1. The summed E-state index contributed by atoms with van der Waals surface area (Å²) in [5, 5.41) is 5.11. The molecule has 174 valence electrons. The number of hydrogen-bond acceptors (Lipinski definition) is 10. The predicted octanol–water partition coefficient (Wildman–Crippen LogP) is -0.195. The Hall–Kier alpha value is -1.62. The molecule has 11 nitrogen and oxygen atoms in total. The minimum absolute atomic E-state index is 0.319. The van der Waals surface area contributed by atoms with Crippen molar-refractivity contribution in [2.75, 3.05) is 11.9 Å². The first-order valence-electron chi connectivity index (χ1n) is 8.61. The van der Waals surface area contributed by atoms with Crippen LogP contribution in [0.4, 0.5) is 11.4 Å². The maximum atomic E-state index is 12.1. The second kappa shape index (κ2) is 11.0. The highest BCUT2D eigenvalue weighted by molar-refractivity contribution is 7.75. The van der Waals surface area contributed by atoms with Crippen LogP contribution in [-0.4, -0.2) is 38.7 Å². The number of nitrogens with one attached hydrogen (secondary N) is 2. The van der Waals surface area contributed by atoms with Crippen LogP contribution in [0, 0.1) is 0 Å². The molecule has 1 atom stereocenters. The number of esters is 1. The predicted molar refractivity (Wildman–Crippen MR) is 113 cm³/mol. The number of ether oxygens (including phenoxy) is 1. The van der Waals surface area contributed by atoms with E-state index in [0.717, 1.165) is 0 Å². The third-order valence-electron chi connectivity index (χ3n) is 3.86. The molecule has 0 saturated carbocycles. The Labute approximate surface area is 193 Å². The van der Waals surface area contributed by atoms with Gasteiger partial charge in [-0.15, -0.1) is 0 Å². The van der Waals surface area contributed by atoms with Crippen LogP contribution in [0.15, 0.2) is 42.5 Å². The summed E-state index contributed by atoms with van der Waals surface area (Å²) >= 11 is 12.3. The van der Waals surface area contributed by atoms with Crippen LogP contribution in [-0.2, 0) is 20.7 Å². The molecule has 0 aliphatic rings. The second-order valence-corrected chi connectivity index (χ2v) is 10.9. The normalized spacial score (nSPS) is 12.8. The van der Waals surface area contributed by atoms with Crippen molar-refractivity contribution in [3.05, 3.63) is 58.1 Å². The van der Waals surface area contributed by atoms with E-state index >= 15 is 0 Å². The largest absolute Gasteiger partial charge is 0.655 e. The van der Waals surface area contributed by atoms with Gasteiger partial charge < -0.3 is 24.7 Å². The van der Waals surface area contributed by atoms with E-state index in [1.807, 2.05) is 0 Å². The number of hydrogen-bond donors (Lipinski definition) is 5. The fourth-order valence-electron chi connectivity index (χ4n) is 2.44. The summed E-state index contributed by atoms with van der Waals surface area (Å²) in [7, 11) is -11.0. The van der Waals surface area contributed by atoms with E-state index in [2.05, 4.69) is 5.32 Å². The molecular weight excluding hydrogens is 509 g/mol. The van der Waals surface area contributed by atoms with Crippen molar-refractivity contribution in [2.24, 2.45) is 0 Å². The molecule has 32 heavy (non-hydrogen) atoms. The van der Waals surface area contributed by atoms with Gasteiger partial charge in [-0.2, -0.15) is 0 Å². The molecule has 0 aromatic heterocycles. The van der Waals surface area contributed by atoms with Gasteiger partial charge >= 0.3 is 11.5 Å². The van der Waals surface area contributed by atoms with Gasteiger partial charge in [0.2, 0.25) is 0 Å². The SMILES string of the molecule is O=C(COC(=O)Cc1ccccc1Nc1c(Cl)cccc1Cl)NC([P+]([O-])([O-])O)[P+]([O-])(O)O. The van der Waals surface area contributed by atoms with Crippen LogP contribution in [0.5, 0.6) is 0 Å². The van der Waals surface area contributed by atoms with E-state index in [0.29, 0.717) is 27.0 Å². The van der Waals surface area contributed by atoms with Crippen LogP contribution >= 0.6 is 39.1 Å². The maximum Gasteiger partial charge on any atom is 0.310 e. The van der Waals surface area contributed by atoms with E-state index in [1.54, 1.807) is 42.5 Å². The average molecular weight is 526 g/mol. The Kier molecular flexibility index (Phi) is 9.15. The van der Waals surface area contributed by atoms with Crippen molar-refractivity contribution in [1.82, 2.24) is 5.32 Å². The highest BCUT2D eigenvalue weighted by Crippen LogP contribution is 2.60. The molecule has 0 heterocycles. The first kappa shape index (κ1) is 26.6. The van der Waals surface area contributed by atoms with E-state index < -0.39 is 39.9 Å². The second-order valence-electron chi connectivity index (χ2n) is 6.31. The third kappa shape index (κ3) is 7.75. The molecule has 0 saturated heterocycles. The molecule has 1 amide bonds. The molecule has 15 heteroatoms. The van der Waals surface area contributed by atoms with Gasteiger partial charge in [-0.05, 0) is 23.8 Å². The van der Waals surface area contributed by atoms with E-state index in [1.165, 1.54) is 5.32 Å². The Morgan fingerprint density at radius 2 is 1.59 bits per heavy atom. The molecule has 0 aliphatic heterocycles. The van der Waals surface area contributed by atoms with Crippen LogP contribution in [0.25, 0.3) is 0 Å². The molecule has 2 rings (SSSR count). The van der Waals surface area contributed by atoms with Crippen molar-refractivity contribution in [2.45, 2.75) is 11.9 Å². The molecule has 0 radical (unpaired) electrons. The van der Waals surface area contributed by atoms with Gasteiger partial charge in [0.15, 0.2) is 6.61 Å².